The van der Waals surface area contributed by atoms with Crippen LogP contribution >= 0.6 is 0 Å². The largest absolute Gasteiger partial charge is 0.487 e. The number of ether oxygens (including phenoxy) is 1. The van der Waals surface area contributed by atoms with Crippen molar-refractivity contribution in [1.82, 2.24) is 9.80 Å². The van der Waals surface area contributed by atoms with Gasteiger partial charge in [0.25, 0.3) is 0 Å². The van der Waals surface area contributed by atoms with Crippen LogP contribution in [0.3, 0.4) is 0 Å². The summed E-state index contributed by atoms with van der Waals surface area (Å²) in [6.45, 7) is 4.32. The molecule has 7 nitrogen and oxygen atoms in total. The smallest absolute Gasteiger partial charge is 0.310 e. The molecule has 30 heavy (non-hydrogen) atoms. The molecule has 1 aliphatic rings. The van der Waals surface area contributed by atoms with Gasteiger partial charge in [-0.15, -0.1) is 0 Å². The summed E-state index contributed by atoms with van der Waals surface area (Å²) in [4.78, 5) is 27.2. The Morgan fingerprint density at radius 2 is 1.73 bits per heavy atom. The maximum absolute atomic E-state index is 12.4. The van der Waals surface area contributed by atoms with E-state index in [1.54, 1.807) is 18.2 Å². The van der Waals surface area contributed by atoms with Crippen molar-refractivity contribution in [2.75, 3.05) is 39.3 Å². The normalized spacial score (nSPS) is 14.7. The lowest BCUT2D eigenvalue weighted by atomic mass is 10.2. The molecular formula is C23H27N3O4. The Labute approximate surface area is 176 Å². The van der Waals surface area contributed by atoms with Crippen LogP contribution in [0.4, 0.5) is 5.69 Å². The molecule has 1 fully saturated rings. The average Bonchev–Trinajstić information content (AvgIpc) is 2.78. The second-order valence-corrected chi connectivity index (χ2v) is 7.17. The molecule has 0 saturated carbocycles. The zero-order chi connectivity index (χ0) is 21.2. The number of nitro benzene ring substituents is 1. The molecule has 0 unspecified atom stereocenters. The van der Waals surface area contributed by atoms with E-state index in [-0.39, 0.29) is 24.0 Å². The molecule has 2 aromatic rings. The number of carbonyl (C=O) groups is 1. The lowest BCUT2D eigenvalue weighted by Crippen LogP contribution is -2.48. The first kappa shape index (κ1) is 21.5. The van der Waals surface area contributed by atoms with Gasteiger partial charge in [-0.05, 0) is 18.1 Å². The third-order valence-electron chi connectivity index (χ3n) is 5.05. The minimum atomic E-state index is -0.463. The molecule has 1 aliphatic heterocycles. The van der Waals surface area contributed by atoms with Crippen molar-refractivity contribution >= 4 is 17.7 Å². The second kappa shape index (κ2) is 11.1. The zero-order valence-electron chi connectivity index (χ0n) is 17.0. The number of rotatable bonds is 9. The molecule has 1 amide bonds. The van der Waals surface area contributed by atoms with E-state index in [0.717, 1.165) is 32.7 Å². The number of hydrogen-bond acceptors (Lipinski definition) is 5. The maximum atomic E-state index is 12.4. The Balaban J connectivity index is 1.33. The summed E-state index contributed by atoms with van der Waals surface area (Å²) in [5.74, 6) is 0.354. The van der Waals surface area contributed by atoms with Crippen LogP contribution in [0.15, 0.2) is 60.7 Å². The number of nitro groups is 1. The van der Waals surface area contributed by atoms with Gasteiger partial charge in [0.1, 0.15) is 0 Å². The summed E-state index contributed by atoms with van der Waals surface area (Å²) in [5.41, 5.74) is 1.13. The van der Waals surface area contributed by atoms with Crippen LogP contribution in [0.2, 0.25) is 0 Å². The van der Waals surface area contributed by atoms with Gasteiger partial charge in [0.2, 0.25) is 5.91 Å². The fourth-order valence-electron chi connectivity index (χ4n) is 3.38. The van der Waals surface area contributed by atoms with E-state index in [0.29, 0.717) is 12.8 Å². The van der Waals surface area contributed by atoms with Gasteiger partial charge >= 0.3 is 5.69 Å². The van der Waals surface area contributed by atoms with Gasteiger partial charge in [-0.2, -0.15) is 0 Å². The SMILES string of the molecule is O=C(CCCOc1ccccc1[N+](=O)[O-])N1CCN(C/C=C/c2ccccc2)CC1. The quantitative estimate of drug-likeness (QED) is 0.359. The molecule has 1 saturated heterocycles. The van der Waals surface area contributed by atoms with Crippen molar-refractivity contribution in [3.8, 4) is 5.75 Å². The van der Waals surface area contributed by atoms with Gasteiger partial charge in [-0.3, -0.25) is 19.8 Å². The van der Waals surface area contributed by atoms with Crippen molar-refractivity contribution in [3.63, 3.8) is 0 Å². The van der Waals surface area contributed by atoms with Crippen molar-refractivity contribution in [1.29, 1.82) is 0 Å². The van der Waals surface area contributed by atoms with Gasteiger partial charge in [0, 0.05) is 45.2 Å². The van der Waals surface area contributed by atoms with E-state index >= 15 is 0 Å². The maximum Gasteiger partial charge on any atom is 0.310 e. The van der Waals surface area contributed by atoms with Crippen molar-refractivity contribution in [3.05, 3.63) is 76.4 Å². The lowest BCUT2D eigenvalue weighted by Gasteiger charge is -2.34. The van der Waals surface area contributed by atoms with Crippen LogP contribution in [-0.4, -0.2) is 60.0 Å². The van der Waals surface area contributed by atoms with Crippen molar-refractivity contribution in [2.45, 2.75) is 12.8 Å². The van der Waals surface area contributed by atoms with Crippen LogP contribution in [0.5, 0.6) is 5.75 Å². The van der Waals surface area contributed by atoms with Crippen LogP contribution in [0, 0.1) is 10.1 Å². The number of nitrogens with zero attached hydrogens (tertiary/aromatic N) is 3. The number of para-hydroxylation sites is 2. The first-order chi connectivity index (χ1) is 14.6. The second-order valence-electron chi connectivity index (χ2n) is 7.17. The summed E-state index contributed by atoms with van der Waals surface area (Å²) in [6.07, 6.45) is 5.20. The number of amides is 1. The van der Waals surface area contributed by atoms with E-state index in [2.05, 4.69) is 29.2 Å². The van der Waals surface area contributed by atoms with Crippen LogP contribution in [0.1, 0.15) is 18.4 Å². The van der Waals surface area contributed by atoms with Crippen molar-refractivity contribution < 1.29 is 14.5 Å². The molecule has 3 rings (SSSR count). The van der Waals surface area contributed by atoms with Gasteiger partial charge in [-0.25, -0.2) is 0 Å². The Kier molecular flexibility index (Phi) is 7.97. The van der Waals surface area contributed by atoms with Crippen LogP contribution < -0.4 is 4.74 Å². The molecule has 0 radical (unpaired) electrons. The van der Waals surface area contributed by atoms with E-state index in [9.17, 15) is 14.9 Å². The predicted molar refractivity (Wildman–Crippen MR) is 116 cm³/mol. The van der Waals surface area contributed by atoms with Gasteiger partial charge in [0.05, 0.1) is 11.5 Å². The minimum absolute atomic E-state index is 0.0544. The summed E-state index contributed by atoms with van der Waals surface area (Å²) >= 11 is 0. The highest BCUT2D eigenvalue weighted by atomic mass is 16.6. The number of hydrogen-bond donors (Lipinski definition) is 0. The summed E-state index contributed by atoms with van der Waals surface area (Å²) < 4.78 is 5.51. The average molecular weight is 409 g/mol. The number of carbonyl (C=O) groups excluding carboxylic acids is 1. The monoisotopic (exact) mass is 409 g/mol. The van der Waals surface area contributed by atoms with Gasteiger partial charge < -0.3 is 9.64 Å². The fraction of sp³-hybridized carbons (Fsp3) is 0.348. The molecule has 0 bridgehead atoms. The number of piperazine rings is 1. The summed E-state index contributed by atoms with van der Waals surface area (Å²) in [7, 11) is 0. The first-order valence-corrected chi connectivity index (χ1v) is 10.2. The van der Waals surface area contributed by atoms with E-state index in [4.69, 9.17) is 4.74 Å². The molecule has 0 aliphatic carbocycles. The predicted octanol–water partition coefficient (Wildman–Crippen LogP) is 3.61. The lowest BCUT2D eigenvalue weighted by molar-refractivity contribution is -0.385. The van der Waals surface area contributed by atoms with Crippen LogP contribution in [0.25, 0.3) is 6.08 Å². The molecular weight excluding hydrogens is 382 g/mol. The molecule has 0 spiro atoms. The van der Waals surface area contributed by atoms with E-state index in [1.165, 1.54) is 11.6 Å². The standard InChI is InChI=1S/C23H27N3O4/c27-23(13-7-19-30-22-12-5-4-11-21(22)26(28)29)25-17-15-24(16-18-25)14-6-10-20-8-2-1-3-9-20/h1-6,8-12H,7,13-19H2/b10-6+. The summed E-state index contributed by atoms with van der Waals surface area (Å²) in [6, 6.07) is 16.5. The molecule has 0 atom stereocenters. The highest BCUT2D eigenvalue weighted by molar-refractivity contribution is 5.76. The highest BCUT2D eigenvalue weighted by Gasteiger charge is 2.20. The molecule has 7 heteroatoms. The van der Waals surface area contributed by atoms with Crippen LogP contribution in [-0.2, 0) is 4.79 Å². The molecule has 1 heterocycles. The summed E-state index contributed by atoms with van der Waals surface area (Å²) in [5, 5.41) is 11.0. The molecule has 0 aromatic heterocycles. The fourth-order valence-corrected chi connectivity index (χ4v) is 3.38. The zero-order valence-corrected chi connectivity index (χ0v) is 17.0. The van der Waals surface area contributed by atoms with E-state index < -0.39 is 4.92 Å². The van der Waals surface area contributed by atoms with E-state index in [1.807, 2.05) is 23.1 Å². The van der Waals surface area contributed by atoms with Crippen molar-refractivity contribution in [2.24, 2.45) is 0 Å². The Morgan fingerprint density at radius 3 is 2.47 bits per heavy atom. The van der Waals surface area contributed by atoms with Gasteiger partial charge in [0.15, 0.2) is 5.75 Å². The van der Waals surface area contributed by atoms with Gasteiger partial charge in [-0.1, -0.05) is 54.6 Å². The minimum Gasteiger partial charge on any atom is -0.487 e. The Hall–Kier alpha value is -3.19. The topological polar surface area (TPSA) is 75.9 Å². The Bertz CT molecular complexity index is 862. The molecule has 2 aromatic carbocycles. The molecule has 158 valence electrons. The highest BCUT2D eigenvalue weighted by Crippen LogP contribution is 2.25. The third-order valence-corrected chi connectivity index (χ3v) is 5.05. The Morgan fingerprint density at radius 1 is 1.03 bits per heavy atom. The first-order valence-electron chi connectivity index (χ1n) is 10.2. The number of benzene rings is 2. The third kappa shape index (κ3) is 6.42. The molecule has 0 N–H and O–H groups in total.